The zero-order chi connectivity index (χ0) is 17.5. The van der Waals surface area contributed by atoms with E-state index < -0.39 is 23.3 Å². The second kappa shape index (κ2) is 7.73. The van der Waals surface area contributed by atoms with E-state index in [1.807, 2.05) is 0 Å². The summed E-state index contributed by atoms with van der Waals surface area (Å²) in [5.41, 5.74) is 0.178. The first-order valence-corrected chi connectivity index (χ1v) is 6.84. The van der Waals surface area contributed by atoms with Gasteiger partial charge in [0.15, 0.2) is 0 Å². The van der Waals surface area contributed by atoms with Crippen molar-refractivity contribution in [1.29, 1.82) is 0 Å². The summed E-state index contributed by atoms with van der Waals surface area (Å²) in [6, 6.07) is 13.1. The SMILES string of the molecule is CC(OC(=O)Oc1ccc([N+](=O)[O-])cc1)OC(=O)c1ccccc1. The molecule has 0 saturated carbocycles. The standard InChI is InChI=1S/C16H13NO7/c1-11(22-15(18)12-5-3-2-4-6-12)23-16(19)24-14-9-7-13(8-10-14)17(20)21/h2-11H,1H3. The molecule has 2 rings (SSSR count). The third-order valence-electron chi connectivity index (χ3n) is 2.79. The number of ether oxygens (including phenoxy) is 3. The zero-order valence-corrected chi connectivity index (χ0v) is 12.6. The molecular formula is C16H13NO7. The van der Waals surface area contributed by atoms with Crippen molar-refractivity contribution in [3.05, 3.63) is 70.3 Å². The Morgan fingerprint density at radius 2 is 1.62 bits per heavy atom. The zero-order valence-electron chi connectivity index (χ0n) is 12.6. The number of benzene rings is 2. The molecule has 0 aliphatic carbocycles. The normalized spacial score (nSPS) is 11.2. The lowest BCUT2D eigenvalue weighted by Crippen LogP contribution is -2.23. The molecule has 0 amide bonds. The van der Waals surface area contributed by atoms with Gasteiger partial charge in [-0.1, -0.05) is 18.2 Å². The van der Waals surface area contributed by atoms with E-state index in [4.69, 9.17) is 14.2 Å². The average Bonchev–Trinajstić information content (AvgIpc) is 2.55. The Bertz CT molecular complexity index is 728. The van der Waals surface area contributed by atoms with E-state index in [0.29, 0.717) is 5.56 Å². The summed E-state index contributed by atoms with van der Waals surface area (Å²) in [5.74, 6) is -0.585. The molecule has 1 atom stereocenters. The van der Waals surface area contributed by atoms with Crippen LogP contribution in [0, 0.1) is 10.1 Å². The third-order valence-corrected chi connectivity index (χ3v) is 2.79. The van der Waals surface area contributed by atoms with E-state index in [2.05, 4.69) is 0 Å². The second-order valence-corrected chi connectivity index (χ2v) is 4.56. The highest BCUT2D eigenvalue weighted by Gasteiger charge is 2.17. The molecule has 1 unspecified atom stereocenters. The van der Waals surface area contributed by atoms with Gasteiger partial charge in [-0.2, -0.15) is 0 Å². The van der Waals surface area contributed by atoms with Gasteiger partial charge in [-0.05, 0) is 24.3 Å². The van der Waals surface area contributed by atoms with Gasteiger partial charge in [0.2, 0.25) is 6.29 Å². The lowest BCUT2D eigenvalue weighted by atomic mass is 10.2. The van der Waals surface area contributed by atoms with E-state index in [-0.39, 0.29) is 11.4 Å². The fraction of sp³-hybridized carbons (Fsp3) is 0.125. The van der Waals surface area contributed by atoms with Crippen LogP contribution >= 0.6 is 0 Å². The molecule has 2 aromatic carbocycles. The van der Waals surface area contributed by atoms with Gasteiger partial charge in [-0.15, -0.1) is 0 Å². The van der Waals surface area contributed by atoms with Gasteiger partial charge in [0.05, 0.1) is 10.5 Å². The Morgan fingerprint density at radius 1 is 1.00 bits per heavy atom. The maximum absolute atomic E-state index is 11.8. The molecule has 0 aliphatic rings. The topological polar surface area (TPSA) is 105 Å². The molecule has 124 valence electrons. The summed E-state index contributed by atoms with van der Waals surface area (Å²) in [4.78, 5) is 33.3. The molecule has 0 bridgehead atoms. The first-order chi connectivity index (χ1) is 11.5. The van der Waals surface area contributed by atoms with Gasteiger partial charge in [-0.25, -0.2) is 9.59 Å². The summed E-state index contributed by atoms with van der Waals surface area (Å²) >= 11 is 0. The Balaban J connectivity index is 1.85. The minimum Gasteiger partial charge on any atom is -0.422 e. The van der Waals surface area contributed by atoms with Crippen molar-refractivity contribution in [3.8, 4) is 5.75 Å². The Morgan fingerprint density at radius 3 is 2.21 bits per heavy atom. The molecule has 0 spiro atoms. The first kappa shape index (κ1) is 16.9. The fourth-order valence-electron chi connectivity index (χ4n) is 1.71. The summed E-state index contributed by atoms with van der Waals surface area (Å²) in [6.45, 7) is 1.36. The third kappa shape index (κ3) is 4.80. The van der Waals surface area contributed by atoms with E-state index in [1.54, 1.807) is 30.3 Å². The lowest BCUT2D eigenvalue weighted by Gasteiger charge is -2.13. The number of carbonyl (C=O) groups excluding carboxylic acids is 2. The van der Waals surface area contributed by atoms with Crippen molar-refractivity contribution < 1.29 is 28.7 Å². The molecule has 0 fully saturated rings. The van der Waals surface area contributed by atoms with Gasteiger partial charge in [0.25, 0.3) is 5.69 Å². The van der Waals surface area contributed by atoms with Gasteiger partial charge in [0, 0.05) is 19.1 Å². The van der Waals surface area contributed by atoms with Crippen LogP contribution in [-0.2, 0) is 9.47 Å². The van der Waals surface area contributed by atoms with Crippen LogP contribution in [0.2, 0.25) is 0 Å². The van der Waals surface area contributed by atoms with E-state index in [9.17, 15) is 19.7 Å². The van der Waals surface area contributed by atoms with Crippen molar-refractivity contribution in [2.45, 2.75) is 13.2 Å². The van der Waals surface area contributed by atoms with Gasteiger partial charge in [0.1, 0.15) is 5.75 Å². The van der Waals surface area contributed by atoms with Crippen LogP contribution < -0.4 is 4.74 Å². The van der Waals surface area contributed by atoms with Gasteiger partial charge in [-0.3, -0.25) is 10.1 Å². The smallest absolute Gasteiger partial charge is 0.422 e. The number of esters is 1. The number of rotatable bonds is 5. The molecule has 0 heterocycles. The van der Waals surface area contributed by atoms with Crippen molar-refractivity contribution in [3.63, 3.8) is 0 Å². The van der Waals surface area contributed by atoms with Crippen molar-refractivity contribution >= 4 is 17.8 Å². The number of nitro groups is 1. The number of nitro benzene ring substituents is 1. The minimum absolute atomic E-state index is 0.0622. The quantitative estimate of drug-likeness (QED) is 0.272. The number of carbonyl (C=O) groups is 2. The van der Waals surface area contributed by atoms with E-state index in [1.165, 1.54) is 31.2 Å². The molecule has 0 aliphatic heterocycles. The van der Waals surface area contributed by atoms with Crippen molar-refractivity contribution in [2.24, 2.45) is 0 Å². The molecule has 0 saturated heterocycles. The summed E-state index contributed by atoms with van der Waals surface area (Å²) in [7, 11) is 0. The second-order valence-electron chi connectivity index (χ2n) is 4.56. The Kier molecular flexibility index (Phi) is 5.45. The maximum Gasteiger partial charge on any atom is 0.516 e. The molecule has 8 heteroatoms. The predicted molar refractivity (Wildman–Crippen MR) is 81.5 cm³/mol. The summed E-state index contributed by atoms with van der Waals surface area (Å²) in [6.07, 6.45) is -2.26. The average molecular weight is 331 g/mol. The largest absolute Gasteiger partial charge is 0.516 e. The molecular weight excluding hydrogens is 318 g/mol. The van der Waals surface area contributed by atoms with Gasteiger partial charge >= 0.3 is 12.1 Å². The fourth-order valence-corrected chi connectivity index (χ4v) is 1.71. The van der Waals surface area contributed by atoms with Crippen LogP contribution in [0.25, 0.3) is 0 Å². The van der Waals surface area contributed by atoms with Crippen molar-refractivity contribution in [2.75, 3.05) is 0 Å². The minimum atomic E-state index is -1.16. The van der Waals surface area contributed by atoms with E-state index in [0.717, 1.165) is 0 Å². The van der Waals surface area contributed by atoms with E-state index >= 15 is 0 Å². The maximum atomic E-state index is 11.8. The van der Waals surface area contributed by atoms with Crippen LogP contribution in [0.15, 0.2) is 54.6 Å². The lowest BCUT2D eigenvalue weighted by molar-refractivity contribution is -0.384. The number of hydrogen-bond acceptors (Lipinski definition) is 7. The summed E-state index contributed by atoms with van der Waals surface area (Å²) in [5, 5.41) is 10.5. The van der Waals surface area contributed by atoms with Crippen LogP contribution in [0.1, 0.15) is 17.3 Å². The molecule has 0 aromatic heterocycles. The molecule has 2 aromatic rings. The van der Waals surface area contributed by atoms with Gasteiger partial charge < -0.3 is 14.2 Å². The molecule has 0 N–H and O–H groups in total. The highest BCUT2D eigenvalue weighted by atomic mass is 16.8. The number of nitrogens with zero attached hydrogens (tertiary/aromatic N) is 1. The molecule has 24 heavy (non-hydrogen) atoms. The Labute approximate surface area is 136 Å². The number of hydrogen-bond donors (Lipinski definition) is 0. The van der Waals surface area contributed by atoms with Crippen LogP contribution in [0.4, 0.5) is 10.5 Å². The van der Waals surface area contributed by atoms with Crippen LogP contribution in [-0.4, -0.2) is 23.3 Å². The summed E-state index contributed by atoms with van der Waals surface area (Å²) < 4.78 is 14.6. The first-order valence-electron chi connectivity index (χ1n) is 6.84. The predicted octanol–water partition coefficient (Wildman–Crippen LogP) is 3.31. The highest BCUT2D eigenvalue weighted by Crippen LogP contribution is 2.18. The van der Waals surface area contributed by atoms with Crippen LogP contribution in [0.5, 0.6) is 5.75 Å². The van der Waals surface area contributed by atoms with Crippen molar-refractivity contribution in [1.82, 2.24) is 0 Å². The Hall–Kier alpha value is -3.42. The molecule has 8 nitrogen and oxygen atoms in total. The van der Waals surface area contributed by atoms with Crippen LogP contribution in [0.3, 0.4) is 0 Å². The monoisotopic (exact) mass is 331 g/mol. The molecule has 0 radical (unpaired) electrons. The highest BCUT2D eigenvalue weighted by molar-refractivity contribution is 5.89. The number of non-ortho nitro benzene ring substituents is 1.